The van der Waals surface area contributed by atoms with Crippen LogP contribution in [-0.4, -0.2) is 37.0 Å². The predicted molar refractivity (Wildman–Crippen MR) is 79.3 cm³/mol. The molecular weight excluding hydrogens is 287 g/mol. The molecule has 1 fully saturated rings. The van der Waals surface area contributed by atoms with E-state index in [1.807, 2.05) is 4.90 Å². The molecule has 1 amide bonds. The molecule has 0 aliphatic carbocycles. The second-order valence-electron chi connectivity index (χ2n) is 5.60. The van der Waals surface area contributed by atoms with Crippen LogP contribution >= 0.6 is 0 Å². The number of primary amides is 1. The van der Waals surface area contributed by atoms with E-state index in [4.69, 9.17) is 10.5 Å². The largest absolute Gasteiger partial charge is 0.468 e. The zero-order valence-electron chi connectivity index (χ0n) is 12.6. The molecule has 120 valence electrons. The number of hydrogen-bond acceptors (Lipinski definition) is 4. The third-order valence-corrected chi connectivity index (χ3v) is 4.13. The minimum absolute atomic E-state index is 0.229. The number of carbonyl (C=O) groups excluding carboxylic acids is 2. The van der Waals surface area contributed by atoms with Gasteiger partial charge in [-0.15, -0.1) is 0 Å². The Morgan fingerprint density at radius 2 is 2.00 bits per heavy atom. The fraction of sp³-hybridized carbons (Fsp3) is 0.500. The van der Waals surface area contributed by atoms with E-state index in [2.05, 4.69) is 0 Å². The average Bonchev–Trinajstić information content (AvgIpc) is 2.50. The molecule has 1 saturated heterocycles. The summed E-state index contributed by atoms with van der Waals surface area (Å²) in [5.74, 6) is -0.972. The molecule has 1 heterocycles. The average molecular weight is 308 g/mol. The highest BCUT2D eigenvalue weighted by molar-refractivity contribution is 5.77. The fourth-order valence-corrected chi connectivity index (χ4v) is 2.98. The number of methoxy groups -OCH3 is 1. The lowest BCUT2D eigenvalue weighted by molar-refractivity contribution is -0.148. The van der Waals surface area contributed by atoms with E-state index in [9.17, 15) is 14.0 Å². The zero-order valence-corrected chi connectivity index (χ0v) is 12.6. The van der Waals surface area contributed by atoms with Crippen LogP contribution in [0, 0.1) is 11.7 Å². The Morgan fingerprint density at radius 3 is 2.55 bits per heavy atom. The quantitative estimate of drug-likeness (QED) is 0.839. The van der Waals surface area contributed by atoms with Gasteiger partial charge in [-0.25, -0.2) is 9.18 Å². The SMILES string of the molecule is COC(=O)[C@@H](c1ccccc1F)N1CCC(CC(N)=O)CC1. The van der Waals surface area contributed by atoms with Gasteiger partial charge in [0, 0.05) is 12.0 Å². The standard InChI is InChI=1S/C16H21FN2O3/c1-22-16(21)15(12-4-2-3-5-13(12)17)19-8-6-11(7-9-19)10-14(18)20/h2-5,11,15H,6-10H2,1H3,(H2,18,20)/t15-/m1/s1. The van der Waals surface area contributed by atoms with Crippen molar-refractivity contribution in [2.45, 2.75) is 25.3 Å². The van der Waals surface area contributed by atoms with Gasteiger partial charge in [-0.05, 0) is 37.9 Å². The van der Waals surface area contributed by atoms with Crippen molar-refractivity contribution < 1.29 is 18.7 Å². The molecule has 0 aromatic heterocycles. The Balaban J connectivity index is 2.13. The second kappa shape index (κ2) is 7.35. The van der Waals surface area contributed by atoms with Crippen LogP contribution in [0.2, 0.25) is 0 Å². The van der Waals surface area contributed by atoms with Crippen LogP contribution < -0.4 is 5.73 Å². The monoisotopic (exact) mass is 308 g/mol. The molecule has 2 rings (SSSR count). The number of nitrogens with zero attached hydrogens (tertiary/aromatic N) is 1. The van der Waals surface area contributed by atoms with E-state index < -0.39 is 17.8 Å². The van der Waals surface area contributed by atoms with Crippen molar-refractivity contribution in [3.63, 3.8) is 0 Å². The Labute approximate surface area is 129 Å². The van der Waals surface area contributed by atoms with Crippen LogP contribution in [0.1, 0.15) is 30.9 Å². The summed E-state index contributed by atoms with van der Waals surface area (Å²) in [5, 5.41) is 0. The van der Waals surface area contributed by atoms with Crippen molar-refractivity contribution in [1.29, 1.82) is 0 Å². The van der Waals surface area contributed by atoms with E-state index in [-0.39, 0.29) is 11.8 Å². The summed E-state index contributed by atoms with van der Waals surface area (Å²) in [6, 6.07) is 5.48. The van der Waals surface area contributed by atoms with Crippen LogP contribution in [0.3, 0.4) is 0 Å². The maximum Gasteiger partial charge on any atom is 0.327 e. The van der Waals surface area contributed by atoms with Crippen LogP contribution in [0.25, 0.3) is 0 Å². The molecule has 0 unspecified atom stereocenters. The molecule has 0 saturated carbocycles. The van der Waals surface area contributed by atoms with Crippen LogP contribution in [-0.2, 0) is 14.3 Å². The van der Waals surface area contributed by atoms with Crippen molar-refractivity contribution in [3.8, 4) is 0 Å². The lowest BCUT2D eigenvalue weighted by Crippen LogP contribution is -2.41. The molecule has 0 spiro atoms. The molecule has 2 N–H and O–H groups in total. The molecule has 0 radical (unpaired) electrons. The number of amides is 1. The molecule has 1 atom stereocenters. The van der Waals surface area contributed by atoms with Gasteiger partial charge in [-0.3, -0.25) is 9.69 Å². The highest BCUT2D eigenvalue weighted by Gasteiger charge is 2.33. The van der Waals surface area contributed by atoms with E-state index in [1.165, 1.54) is 13.2 Å². The highest BCUT2D eigenvalue weighted by Crippen LogP contribution is 2.30. The fourth-order valence-electron chi connectivity index (χ4n) is 2.98. The normalized spacial score (nSPS) is 17.9. The first-order chi connectivity index (χ1) is 10.5. The Morgan fingerprint density at radius 1 is 1.36 bits per heavy atom. The first-order valence-corrected chi connectivity index (χ1v) is 7.37. The van der Waals surface area contributed by atoms with Crippen molar-refractivity contribution in [2.75, 3.05) is 20.2 Å². The number of likely N-dealkylation sites (tertiary alicyclic amines) is 1. The van der Waals surface area contributed by atoms with Gasteiger partial charge in [0.1, 0.15) is 11.9 Å². The summed E-state index contributed by atoms with van der Waals surface area (Å²) in [6.07, 6.45) is 1.87. The van der Waals surface area contributed by atoms with Gasteiger partial charge < -0.3 is 10.5 Å². The minimum atomic E-state index is -0.749. The van der Waals surface area contributed by atoms with E-state index in [1.54, 1.807) is 18.2 Å². The van der Waals surface area contributed by atoms with Crippen molar-refractivity contribution in [3.05, 3.63) is 35.6 Å². The zero-order chi connectivity index (χ0) is 16.1. The molecule has 0 bridgehead atoms. The van der Waals surface area contributed by atoms with Crippen LogP contribution in [0.5, 0.6) is 0 Å². The third-order valence-electron chi connectivity index (χ3n) is 4.13. The molecule has 1 aliphatic heterocycles. The van der Waals surface area contributed by atoms with Gasteiger partial charge in [-0.2, -0.15) is 0 Å². The van der Waals surface area contributed by atoms with E-state index in [0.717, 1.165) is 12.8 Å². The molecule has 1 aliphatic rings. The molecule has 5 nitrogen and oxygen atoms in total. The highest BCUT2D eigenvalue weighted by atomic mass is 19.1. The summed E-state index contributed by atoms with van der Waals surface area (Å²) < 4.78 is 18.9. The number of benzene rings is 1. The summed E-state index contributed by atoms with van der Waals surface area (Å²) in [4.78, 5) is 25.0. The lowest BCUT2D eigenvalue weighted by Gasteiger charge is -2.36. The van der Waals surface area contributed by atoms with Gasteiger partial charge in [-0.1, -0.05) is 18.2 Å². The van der Waals surface area contributed by atoms with Crippen molar-refractivity contribution >= 4 is 11.9 Å². The Hall–Kier alpha value is -1.95. The molecule has 1 aromatic carbocycles. The number of hydrogen-bond donors (Lipinski definition) is 1. The van der Waals surface area contributed by atoms with Gasteiger partial charge in [0.05, 0.1) is 7.11 Å². The Bertz CT molecular complexity index is 542. The van der Waals surface area contributed by atoms with Gasteiger partial charge in [0.15, 0.2) is 0 Å². The van der Waals surface area contributed by atoms with Crippen LogP contribution in [0.4, 0.5) is 4.39 Å². The number of esters is 1. The lowest BCUT2D eigenvalue weighted by atomic mass is 9.91. The predicted octanol–water partition coefficient (Wildman–Crippen LogP) is 1.63. The summed E-state index contributed by atoms with van der Waals surface area (Å²) in [7, 11) is 1.30. The third kappa shape index (κ3) is 3.82. The molecule has 6 heteroatoms. The van der Waals surface area contributed by atoms with E-state index in [0.29, 0.717) is 25.1 Å². The summed E-state index contributed by atoms with van der Waals surface area (Å²) >= 11 is 0. The Kier molecular flexibility index (Phi) is 5.49. The van der Waals surface area contributed by atoms with Gasteiger partial charge in [0.2, 0.25) is 5.91 Å². The number of halogens is 1. The smallest absolute Gasteiger partial charge is 0.327 e. The molecule has 22 heavy (non-hydrogen) atoms. The van der Waals surface area contributed by atoms with Crippen LogP contribution in [0.15, 0.2) is 24.3 Å². The number of carbonyl (C=O) groups is 2. The minimum Gasteiger partial charge on any atom is -0.468 e. The summed E-state index contributed by atoms with van der Waals surface area (Å²) in [6.45, 7) is 1.21. The van der Waals surface area contributed by atoms with Gasteiger partial charge in [0.25, 0.3) is 0 Å². The van der Waals surface area contributed by atoms with Gasteiger partial charge >= 0.3 is 5.97 Å². The van der Waals surface area contributed by atoms with Crippen molar-refractivity contribution in [2.24, 2.45) is 11.7 Å². The number of ether oxygens (including phenoxy) is 1. The topological polar surface area (TPSA) is 72.6 Å². The molecular formula is C16H21FN2O3. The second-order valence-corrected chi connectivity index (χ2v) is 5.60. The van der Waals surface area contributed by atoms with Crippen molar-refractivity contribution in [1.82, 2.24) is 4.90 Å². The number of nitrogens with two attached hydrogens (primary N) is 1. The first-order valence-electron chi connectivity index (χ1n) is 7.37. The number of rotatable bonds is 5. The summed E-state index contributed by atoms with van der Waals surface area (Å²) in [5.41, 5.74) is 5.54. The first kappa shape index (κ1) is 16.4. The maximum absolute atomic E-state index is 14.0. The molecule has 1 aromatic rings. The number of piperidine rings is 1. The van der Waals surface area contributed by atoms with E-state index >= 15 is 0 Å². The maximum atomic E-state index is 14.0.